The van der Waals surface area contributed by atoms with Crippen molar-refractivity contribution in [3.8, 4) is 0 Å². The molecule has 0 aliphatic carbocycles. The van der Waals surface area contributed by atoms with Crippen LogP contribution in [0.5, 0.6) is 0 Å². The van der Waals surface area contributed by atoms with Gasteiger partial charge in [0.2, 0.25) is 5.91 Å². The van der Waals surface area contributed by atoms with Gasteiger partial charge in [-0.15, -0.1) is 0 Å². The van der Waals surface area contributed by atoms with Crippen LogP contribution in [0.3, 0.4) is 0 Å². The average Bonchev–Trinajstić information content (AvgIpc) is 2.40. The first-order valence-corrected chi connectivity index (χ1v) is 7.31. The highest BCUT2D eigenvalue weighted by molar-refractivity contribution is 5.76. The number of alkyl halides is 3. The van der Waals surface area contributed by atoms with E-state index in [2.05, 4.69) is 12.2 Å². The first-order valence-electron chi connectivity index (χ1n) is 7.31. The molecule has 0 unspecified atom stereocenters. The van der Waals surface area contributed by atoms with Gasteiger partial charge in [0, 0.05) is 18.3 Å². The lowest BCUT2D eigenvalue weighted by atomic mass is 10.1. The molecule has 0 aliphatic rings. The third kappa shape index (κ3) is 5.91. The van der Waals surface area contributed by atoms with E-state index in [1.807, 2.05) is 6.92 Å². The van der Waals surface area contributed by atoms with Gasteiger partial charge in [-0.1, -0.05) is 26.2 Å². The predicted molar refractivity (Wildman–Crippen MR) is 77.5 cm³/mol. The van der Waals surface area contributed by atoms with Crippen LogP contribution in [-0.4, -0.2) is 16.5 Å². The molecule has 0 aromatic carbocycles. The molecule has 1 rings (SSSR count). The first kappa shape index (κ1) is 18.3. The lowest BCUT2D eigenvalue weighted by Gasteiger charge is -2.15. The van der Waals surface area contributed by atoms with Gasteiger partial charge < -0.3 is 9.88 Å². The van der Waals surface area contributed by atoms with E-state index in [4.69, 9.17) is 0 Å². The molecule has 0 saturated heterocycles. The summed E-state index contributed by atoms with van der Waals surface area (Å²) in [6, 6.07) is 1.46. The maximum Gasteiger partial charge on any atom is 0.417 e. The van der Waals surface area contributed by atoms with E-state index in [9.17, 15) is 22.8 Å². The normalized spacial score (nSPS) is 13.0. The van der Waals surface area contributed by atoms with Gasteiger partial charge >= 0.3 is 6.18 Å². The molecule has 1 amide bonds. The highest BCUT2D eigenvalue weighted by Gasteiger charge is 2.31. The number of hydrogen-bond acceptors (Lipinski definition) is 2. The minimum atomic E-state index is -4.54. The van der Waals surface area contributed by atoms with Crippen molar-refractivity contribution in [2.24, 2.45) is 0 Å². The summed E-state index contributed by atoms with van der Waals surface area (Å²) in [5.74, 6) is -0.467. The quantitative estimate of drug-likeness (QED) is 0.786. The van der Waals surface area contributed by atoms with Crippen LogP contribution in [0.4, 0.5) is 13.2 Å². The number of aromatic nitrogens is 1. The molecule has 124 valence electrons. The van der Waals surface area contributed by atoms with Gasteiger partial charge in [0.05, 0.1) is 5.56 Å². The van der Waals surface area contributed by atoms with Crippen LogP contribution >= 0.6 is 0 Å². The van der Waals surface area contributed by atoms with Gasteiger partial charge in [0.25, 0.3) is 5.56 Å². The van der Waals surface area contributed by atoms with Crippen LogP contribution in [0, 0.1) is 0 Å². The van der Waals surface area contributed by atoms with Crippen LogP contribution in [0.2, 0.25) is 0 Å². The molecule has 0 aliphatic heterocycles. The van der Waals surface area contributed by atoms with Crippen molar-refractivity contribution >= 4 is 5.91 Å². The monoisotopic (exact) mass is 318 g/mol. The van der Waals surface area contributed by atoms with Crippen LogP contribution < -0.4 is 10.9 Å². The standard InChI is InChI=1S/C15H21F3N2O2/c1-3-4-5-6-11(2)19-13(21)10-20-9-12(15(16,17)18)7-8-14(20)22/h7-9,11H,3-6,10H2,1-2H3,(H,19,21)/t11-/m0/s1. The Bertz CT molecular complexity index is 552. The minimum absolute atomic E-state index is 0.0689. The summed E-state index contributed by atoms with van der Waals surface area (Å²) < 4.78 is 38.6. The van der Waals surface area contributed by atoms with Crippen molar-refractivity contribution in [3.05, 3.63) is 34.2 Å². The number of carbonyl (C=O) groups is 1. The first-order chi connectivity index (χ1) is 10.2. The van der Waals surface area contributed by atoms with E-state index >= 15 is 0 Å². The number of hydrogen-bond donors (Lipinski definition) is 1. The highest BCUT2D eigenvalue weighted by Crippen LogP contribution is 2.27. The SMILES string of the molecule is CCCCC[C@H](C)NC(=O)Cn1cc(C(F)(F)F)ccc1=O. The van der Waals surface area contributed by atoms with Gasteiger partial charge in [0.1, 0.15) is 6.54 Å². The summed E-state index contributed by atoms with van der Waals surface area (Å²) in [6.07, 6.45) is 0.0369. The molecule has 4 nitrogen and oxygen atoms in total. The molecule has 1 aromatic rings. The molecule has 22 heavy (non-hydrogen) atoms. The van der Waals surface area contributed by atoms with E-state index < -0.39 is 29.8 Å². The number of pyridine rings is 1. The molecule has 1 N–H and O–H groups in total. The van der Waals surface area contributed by atoms with Crippen molar-refractivity contribution in [1.82, 2.24) is 9.88 Å². The lowest BCUT2D eigenvalue weighted by Crippen LogP contribution is -2.37. The summed E-state index contributed by atoms with van der Waals surface area (Å²) in [5, 5.41) is 2.69. The number of carbonyl (C=O) groups excluding carboxylic acids is 1. The molecule has 0 bridgehead atoms. The topological polar surface area (TPSA) is 51.1 Å². The summed E-state index contributed by atoms with van der Waals surface area (Å²) in [4.78, 5) is 23.4. The van der Waals surface area contributed by atoms with Crippen molar-refractivity contribution in [2.45, 2.75) is 58.3 Å². The van der Waals surface area contributed by atoms with Crippen LogP contribution in [0.1, 0.15) is 45.1 Å². The minimum Gasteiger partial charge on any atom is -0.352 e. The number of amides is 1. The molecule has 1 atom stereocenters. The molecular formula is C15H21F3N2O2. The van der Waals surface area contributed by atoms with Crippen LogP contribution in [-0.2, 0) is 17.5 Å². The Kier molecular flexibility index (Phi) is 6.64. The molecule has 1 heterocycles. The van der Waals surface area contributed by atoms with Crippen molar-refractivity contribution < 1.29 is 18.0 Å². The van der Waals surface area contributed by atoms with E-state index in [0.717, 1.165) is 36.3 Å². The van der Waals surface area contributed by atoms with E-state index in [-0.39, 0.29) is 6.04 Å². The molecule has 1 aromatic heterocycles. The molecule has 0 radical (unpaired) electrons. The average molecular weight is 318 g/mol. The summed E-state index contributed by atoms with van der Waals surface area (Å²) >= 11 is 0. The molecular weight excluding hydrogens is 297 g/mol. The summed E-state index contributed by atoms with van der Waals surface area (Å²) in [7, 11) is 0. The summed E-state index contributed by atoms with van der Waals surface area (Å²) in [5.41, 5.74) is -1.59. The molecule has 7 heteroatoms. The Hall–Kier alpha value is -1.79. The van der Waals surface area contributed by atoms with Gasteiger partial charge in [-0.05, 0) is 19.4 Å². The highest BCUT2D eigenvalue weighted by atomic mass is 19.4. The third-order valence-electron chi connectivity index (χ3n) is 3.27. The van der Waals surface area contributed by atoms with E-state index in [0.29, 0.717) is 12.3 Å². The predicted octanol–water partition coefficient (Wildman–Crippen LogP) is 2.95. The van der Waals surface area contributed by atoms with Crippen molar-refractivity contribution in [2.75, 3.05) is 0 Å². The van der Waals surface area contributed by atoms with Crippen molar-refractivity contribution in [1.29, 1.82) is 0 Å². The second-order valence-corrected chi connectivity index (χ2v) is 5.35. The van der Waals surface area contributed by atoms with E-state index in [1.54, 1.807) is 0 Å². The fraction of sp³-hybridized carbons (Fsp3) is 0.600. The molecule has 0 spiro atoms. The zero-order chi connectivity index (χ0) is 16.8. The van der Waals surface area contributed by atoms with Crippen LogP contribution in [0.25, 0.3) is 0 Å². The molecule has 0 saturated carbocycles. The maximum atomic E-state index is 12.6. The number of unbranched alkanes of at least 4 members (excludes halogenated alkanes) is 2. The van der Waals surface area contributed by atoms with Crippen molar-refractivity contribution in [3.63, 3.8) is 0 Å². The number of rotatable bonds is 7. The Morgan fingerprint density at radius 3 is 2.59 bits per heavy atom. The smallest absolute Gasteiger partial charge is 0.352 e. The number of halogens is 3. The molecule has 0 fully saturated rings. The number of nitrogens with zero attached hydrogens (tertiary/aromatic N) is 1. The fourth-order valence-electron chi connectivity index (χ4n) is 2.07. The zero-order valence-corrected chi connectivity index (χ0v) is 12.7. The Morgan fingerprint density at radius 1 is 1.32 bits per heavy atom. The van der Waals surface area contributed by atoms with Gasteiger partial charge in [-0.3, -0.25) is 9.59 Å². The second-order valence-electron chi connectivity index (χ2n) is 5.35. The van der Waals surface area contributed by atoms with Gasteiger partial charge in [-0.2, -0.15) is 13.2 Å². The Balaban J connectivity index is 2.66. The maximum absolute atomic E-state index is 12.6. The Morgan fingerprint density at radius 2 is 2.00 bits per heavy atom. The second kappa shape index (κ2) is 8.00. The number of nitrogens with one attached hydrogen (secondary N) is 1. The van der Waals surface area contributed by atoms with E-state index in [1.165, 1.54) is 0 Å². The third-order valence-corrected chi connectivity index (χ3v) is 3.27. The zero-order valence-electron chi connectivity index (χ0n) is 12.7. The fourth-order valence-corrected chi connectivity index (χ4v) is 2.07. The summed E-state index contributed by atoms with van der Waals surface area (Å²) in [6.45, 7) is 3.49. The van der Waals surface area contributed by atoms with Gasteiger partial charge in [0.15, 0.2) is 0 Å². The lowest BCUT2D eigenvalue weighted by molar-refractivity contribution is -0.138. The largest absolute Gasteiger partial charge is 0.417 e. The van der Waals surface area contributed by atoms with Crippen LogP contribution in [0.15, 0.2) is 23.1 Å². The van der Waals surface area contributed by atoms with Gasteiger partial charge in [-0.25, -0.2) is 0 Å². The Labute approximate surface area is 127 Å².